The van der Waals surface area contributed by atoms with Gasteiger partial charge in [-0.15, -0.1) is 0 Å². The SMILES string of the molecule is COc1cc(-c2nc(N)nc(N)c2C#N)cc(OC)c1OCC(=O)O. The predicted octanol–water partition coefficient (Wildman–Crippen LogP) is 0.660. The van der Waals surface area contributed by atoms with Gasteiger partial charge in [-0.2, -0.15) is 10.2 Å². The minimum Gasteiger partial charge on any atom is -0.493 e. The zero-order valence-corrected chi connectivity index (χ0v) is 13.4. The molecule has 1 aromatic carbocycles. The van der Waals surface area contributed by atoms with Crippen LogP contribution in [0.2, 0.25) is 0 Å². The molecule has 130 valence electrons. The van der Waals surface area contributed by atoms with Crippen LogP contribution >= 0.6 is 0 Å². The number of carboxylic acids is 1. The first-order valence-corrected chi connectivity index (χ1v) is 6.85. The van der Waals surface area contributed by atoms with E-state index in [-0.39, 0.29) is 40.3 Å². The van der Waals surface area contributed by atoms with Crippen molar-refractivity contribution in [3.63, 3.8) is 0 Å². The number of rotatable bonds is 6. The maximum atomic E-state index is 10.7. The summed E-state index contributed by atoms with van der Waals surface area (Å²) in [5.74, 6) is -0.837. The maximum Gasteiger partial charge on any atom is 0.341 e. The lowest BCUT2D eigenvalue weighted by atomic mass is 10.1. The van der Waals surface area contributed by atoms with Crippen LogP contribution in [0.5, 0.6) is 17.2 Å². The minimum atomic E-state index is -1.16. The number of nitrogen functional groups attached to an aromatic ring is 2. The quantitative estimate of drug-likeness (QED) is 0.676. The molecule has 2 aromatic rings. The molecule has 0 aliphatic heterocycles. The lowest BCUT2D eigenvalue weighted by Gasteiger charge is -2.15. The third-order valence-electron chi connectivity index (χ3n) is 3.14. The molecule has 0 radical (unpaired) electrons. The summed E-state index contributed by atoms with van der Waals surface area (Å²) in [4.78, 5) is 18.5. The monoisotopic (exact) mass is 345 g/mol. The van der Waals surface area contributed by atoms with Gasteiger partial charge >= 0.3 is 5.97 Å². The zero-order chi connectivity index (χ0) is 18.6. The summed E-state index contributed by atoms with van der Waals surface area (Å²) < 4.78 is 15.7. The fourth-order valence-corrected chi connectivity index (χ4v) is 2.11. The number of nitriles is 1. The molecule has 2 rings (SSSR count). The normalized spacial score (nSPS) is 9.96. The van der Waals surface area contributed by atoms with E-state index in [2.05, 4.69) is 9.97 Å². The van der Waals surface area contributed by atoms with Gasteiger partial charge in [0.15, 0.2) is 18.1 Å². The molecule has 0 saturated heterocycles. The number of benzene rings is 1. The van der Waals surface area contributed by atoms with Gasteiger partial charge in [0.1, 0.15) is 17.5 Å². The van der Waals surface area contributed by atoms with Gasteiger partial charge < -0.3 is 30.8 Å². The van der Waals surface area contributed by atoms with Crippen molar-refractivity contribution in [1.29, 1.82) is 5.26 Å². The highest BCUT2D eigenvalue weighted by molar-refractivity contribution is 5.77. The third-order valence-corrected chi connectivity index (χ3v) is 3.14. The van der Waals surface area contributed by atoms with Crippen LogP contribution in [-0.4, -0.2) is 41.9 Å². The molecular formula is C15H15N5O5. The lowest BCUT2D eigenvalue weighted by Crippen LogP contribution is -2.11. The fourth-order valence-electron chi connectivity index (χ4n) is 2.11. The Morgan fingerprint density at radius 2 is 1.84 bits per heavy atom. The van der Waals surface area contributed by atoms with E-state index in [1.54, 1.807) is 0 Å². The van der Waals surface area contributed by atoms with Crippen LogP contribution in [-0.2, 0) is 4.79 Å². The first-order valence-electron chi connectivity index (χ1n) is 6.85. The van der Waals surface area contributed by atoms with Crippen molar-refractivity contribution in [2.45, 2.75) is 0 Å². The minimum absolute atomic E-state index is 0.0394. The van der Waals surface area contributed by atoms with Crippen LogP contribution in [0.3, 0.4) is 0 Å². The summed E-state index contributed by atoms with van der Waals surface area (Å²) in [6.07, 6.45) is 0. The van der Waals surface area contributed by atoms with Gasteiger partial charge in [0.25, 0.3) is 0 Å². The van der Waals surface area contributed by atoms with Crippen LogP contribution in [0, 0.1) is 11.3 Å². The Labute approximate surface area is 142 Å². The van der Waals surface area contributed by atoms with E-state index < -0.39 is 12.6 Å². The Balaban J connectivity index is 2.65. The van der Waals surface area contributed by atoms with E-state index in [1.807, 2.05) is 6.07 Å². The van der Waals surface area contributed by atoms with Gasteiger partial charge in [-0.05, 0) is 12.1 Å². The van der Waals surface area contributed by atoms with Crippen molar-refractivity contribution < 1.29 is 24.1 Å². The van der Waals surface area contributed by atoms with Crippen molar-refractivity contribution >= 4 is 17.7 Å². The van der Waals surface area contributed by atoms with E-state index in [1.165, 1.54) is 26.4 Å². The predicted molar refractivity (Wildman–Crippen MR) is 87.2 cm³/mol. The highest BCUT2D eigenvalue weighted by Crippen LogP contribution is 2.42. The number of aliphatic carboxylic acids is 1. The molecule has 10 heteroatoms. The molecule has 1 aromatic heterocycles. The molecule has 10 nitrogen and oxygen atoms in total. The zero-order valence-electron chi connectivity index (χ0n) is 13.4. The summed E-state index contributed by atoms with van der Waals surface area (Å²) >= 11 is 0. The number of anilines is 2. The van der Waals surface area contributed by atoms with Gasteiger partial charge in [-0.1, -0.05) is 0 Å². The van der Waals surface area contributed by atoms with Gasteiger partial charge in [-0.25, -0.2) is 9.78 Å². The second-order valence-electron chi connectivity index (χ2n) is 4.69. The number of nitrogens with two attached hydrogens (primary N) is 2. The number of ether oxygens (including phenoxy) is 3. The Morgan fingerprint density at radius 1 is 1.24 bits per heavy atom. The van der Waals surface area contributed by atoms with E-state index in [0.29, 0.717) is 5.56 Å². The number of nitrogens with zero attached hydrogens (tertiary/aromatic N) is 3. The van der Waals surface area contributed by atoms with Gasteiger partial charge in [0, 0.05) is 5.56 Å². The van der Waals surface area contributed by atoms with Crippen LogP contribution in [0.4, 0.5) is 11.8 Å². The van der Waals surface area contributed by atoms with Crippen molar-refractivity contribution in [3.8, 4) is 34.6 Å². The highest BCUT2D eigenvalue weighted by atomic mass is 16.5. The average Bonchev–Trinajstić information content (AvgIpc) is 2.58. The van der Waals surface area contributed by atoms with Crippen LogP contribution in [0.1, 0.15) is 5.56 Å². The smallest absolute Gasteiger partial charge is 0.341 e. The van der Waals surface area contributed by atoms with Gasteiger partial charge in [0.05, 0.1) is 19.9 Å². The van der Waals surface area contributed by atoms with Gasteiger partial charge in [-0.3, -0.25) is 0 Å². The summed E-state index contributed by atoms with van der Waals surface area (Å²) in [5.41, 5.74) is 12.0. The second-order valence-corrected chi connectivity index (χ2v) is 4.69. The third kappa shape index (κ3) is 3.61. The first-order chi connectivity index (χ1) is 11.9. The molecule has 0 saturated carbocycles. The summed E-state index contributed by atoms with van der Waals surface area (Å²) in [6, 6.07) is 4.93. The molecule has 0 bridgehead atoms. The van der Waals surface area contributed by atoms with Crippen LogP contribution in [0.15, 0.2) is 12.1 Å². The van der Waals surface area contributed by atoms with Gasteiger partial charge in [0.2, 0.25) is 11.7 Å². The first kappa shape index (κ1) is 17.6. The standard InChI is InChI=1S/C15H15N5O5/c1-23-9-3-7(4-10(24-2)13(9)25-6-11(21)22)12-8(5-16)14(17)20-15(18)19-12/h3-4H,6H2,1-2H3,(H,21,22)(H4,17,18,19,20). The molecule has 0 atom stereocenters. The Hall–Kier alpha value is -3.74. The average molecular weight is 345 g/mol. The molecule has 0 amide bonds. The van der Waals surface area contributed by atoms with Crippen LogP contribution < -0.4 is 25.7 Å². The van der Waals surface area contributed by atoms with Crippen molar-refractivity contribution in [2.24, 2.45) is 0 Å². The Morgan fingerprint density at radius 3 is 2.32 bits per heavy atom. The second kappa shape index (κ2) is 7.22. The molecule has 0 aliphatic rings. The van der Waals surface area contributed by atoms with Crippen LogP contribution in [0.25, 0.3) is 11.3 Å². The van der Waals surface area contributed by atoms with E-state index in [9.17, 15) is 10.1 Å². The molecule has 25 heavy (non-hydrogen) atoms. The largest absolute Gasteiger partial charge is 0.493 e. The molecular weight excluding hydrogens is 330 g/mol. The molecule has 5 N–H and O–H groups in total. The van der Waals surface area contributed by atoms with E-state index in [4.69, 9.17) is 30.8 Å². The number of carbonyl (C=O) groups is 1. The van der Waals surface area contributed by atoms with E-state index in [0.717, 1.165) is 0 Å². The summed E-state index contributed by atoms with van der Waals surface area (Å²) in [5, 5.41) is 18.1. The molecule has 0 aliphatic carbocycles. The molecule has 0 unspecified atom stereocenters. The van der Waals surface area contributed by atoms with E-state index >= 15 is 0 Å². The Bertz CT molecular complexity index is 837. The van der Waals surface area contributed by atoms with Crippen molar-refractivity contribution in [3.05, 3.63) is 17.7 Å². The number of aromatic nitrogens is 2. The summed E-state index contributed by atoms with van der Waals surface area (Å²) in [7, 11) is 2.75. The topological polar surface area (TPSA) is 167 Å². The number of carboxylic acid groups (broad SMARTS) is 1. The number of hydrogen-bond donors (Lipinski definition) is 3. The lowest BCUT2D eigenvalue weighted by molar-refractivity contribution is -0.139. The molecule has 1 heterocycles. The Kier molecular flexibility index (Phi) is 5.09. The maximum absolute atomic E-state index is 10.7. The molecule has 0 spiro atoms. The molecule has 0 fully saturated rings. The van der Waals surface area contributed by atoms with Crippen molar-refractivity contribution in [1.82, 2.24) is 9.97 Å². The highest BCUT2D eigenvalue weighted by Gasteiger charge is 2.20. The fraction of sp³-hybridized carbons (Fsp3) is 0.200. The summed E-state index contributed by atoms with van der Waals surface area (Å²) in [6.45, 7) is -0.580. The van der Waals surface area contributed by atoms with Crippen molar-refractivity contribution in [2.75, 3.05) is 32.3 Å². The number of hydrogen-bond acceptors (Lipinski definition) is 9. The number of methoxy groups -OCH3 is 2.